The van der Waals surface area contributed by atoms with Gasteiger partial charge in [0.25, 0.3) is 0 Å². The number of morpholine rings is 1. The quantitative estimate of drug-likeness (QED) is 0.835. The molecule has 0 aliphatic carbocycles. The molecule has 0 aromatic heterocycles. The van der Waals surface area contributed by atoms with Gasteiger partial charge in [0.2, 0.25) is 5.91 Å². The number of hydrogen-bond acceptors (Lipinski definition) is 4. The number of hydrogen-bond donors (Lipinski definition) is 1. The average molecular weight is 365 g/mol. The van der Waals surface area contributed by atoms with Crippen molar-refractivity contribution >= 4 is 29.2 Å². The Labute approximate surface area is 141 Å². The first-order valence-electron chi connectivity index (χ1n) is 7.29. The molecule has 1 N–H and O–H groups in total. The lowest BCUT2D eigenvalue weighted by Gasteiger charge is -2.32. The van der Waals surface area contributed by atoms with Crippen molar-refractivity contribution in [3.63, 3.8) is 0 Å². The third kappa shape index (κ3) is 4.39. The van der Waals surface area contributed by atoms with Crippen molar-refractivity contribution in [2.45, 2.75) is 25.6 Å². The number of benzene rings is 1. The fourth-order valence-corrected chi connectivity index (χ4v) is 2.69. The Hall–Kier alpha value is -1.80. The zero-order valence-corrected chi connectivity index (χ0v) is 13.6. The molecule has 0 unspecified atom stereocenters. The van der Waals surface area contributed by atoms with E-state index in [0.717, 1.165) is 12.1 Å². The number of likely N-dealkylation sites (N-methyl/N-ethyl adjacent to an activating group) is 1. The van der Waals surface area contributed by atoms with E-state index in [9.17, 15) is 22.8 Å². The van der Waals surface area contributed by atoms with Gasteiger partial charge >= 0.3 is 12.1 Å². The van der Waals surface area contributed by atoms with Gasteiger partial charge < -0.3 is 10.1 Å². The van der Waals surface area contributed by atoms with Crippen LogP contribution in [0.15, 0.2) is 18.2 Å². The summed E-state index contributed by atoms with van der Waals surface area (Å²) in [5.41, 5.74) is -1.07. The second-order valence-corrected chi connectivity index (χ2v) is 5.66. The highest BCUT2D eigenvalue weighted by molar-refractivity contribution is 6.31. The Bertz CT molecular complexity index is 637. The van der Waals surface area contributed by atoms with E-state index in [1.54, 1.807) is 4.90 Å². The zero-order chi connectivity index (χ0) is 17.9. The fraction of sp³-hybridized carbons (Fsp3) is 0.467. The summed E-state index contributed by atoms with van der Waals surface area (Å²) in [5, 5.41) is 1.91. The molecule has 0 bridgehead atoms. The van der Waals surface area contributed by atoms with Crippen LogP contribution in [0.3, 0.4) is 0 Å². The van der Waals surface area contributed by atoms with Crippen molar-refractivity contribution in [1.29, 1.82) is 0 Å². The van der Waals surface area contributed by atoms with Crippen LogP contribution in [-0.4, -0.2) is 42.5 Å². The molecule has 0 saturated carbocycles. The number of carbonyl (C=O) groups excluding carboxylic acids is 2. The molecule has 24 heavy (non-hydrogen) atoms. The summed E-state index contributed by atoms with van der Waals surface area (Å²) in [6.45, 7) is 3.18. The van der Waals surface area contributed by atoms with Crippen molar-refractivity contribution < 1.29 is 27.5 Å². The Kier molecular flexibility index (Phi) is 5.71. The molecule has 2 rings (SSSR count). The van der Waals surface area contributed by atoms with Crippen LogP contribution in [0, 0.1) is 0 Å². The van der Waals surface area contributed by atoms with E-state index < -0.39 is 34.7 Å². The smallest absolute Gasteiger partial charge is 0.417 e. The van der Waals surface area contributed by atoms with Gasteiger partial charge in [-0.25, -0.2) is 0 Å². The number of amides is 1. The van der Waals surface area contributed by atoms with Crippen molar-refractivity contribution in [2.24, 2.45) is 0 Å². The van der Waals surface area contributed by atoms with E-state index in [2.05, 4.69) is 5.32 Å². The number of nitrogens with one attached hydrogen (secondary N) is 1. The van der Waals surface area contributed by atoms with Crippen LogP contribution < -0.4 is 5.32 Å². The minimum Gasteiger partial charge on any atom is -0.463 e. The highest BCUT2D eigenvalue weighted by Crippen LogP contribution is 2.36. The van der Waals surface area contributed by atoms with Crippen LogP contribution >= 0.6 is 11.6 Å². The largest absolute Gasteiger partial charge is 0.463 e. The minimum absolute atomic E-state index is 0.0380. The second-order valence-electron chi connectivity index (χ2n) is 5.26. The Morgan fingerprint density at radius 3 is 2.79 bits per heavy atom. The van der Waals surface area contributed by atoms with Crippen molar-refractivity contribution in [1.82, 2.24) is 4.90 Å². The van der Waals surface area contributed by atoms with Gasteiger partial charge in [0.05, 0.1) is 17.0 Å². The van der Waals surface area contributed by atoms with Gasteiger partial charge in [-0.2, -0.15) is 13.2 Å². The molecule has 1 aliphatic rings. The topological polar surface area (TPSA) is 58.6 Å². The number of cyclic esters (lactones) is 1. The number of anilines is 1. The number of ether oxygens (including phenoxy) is 1. The molecular formula is C15H16ClF3N2O3. The maximum Gasteiger partial charge on any atom is 0.417 e. The number of nitrogens with zero attached hydrogens (tertiary/aromatic N) is 1. The molecule has 1 saturated heterocycles. The molecule has 0 radical (unpaired) electrons. The first-order valence-corrected chi connectivity index (χ1v) is 7.67. The van der Waals surface area contributed by atoms with Gasteiger partial charge in [-0.1, -0.05) is 18.5 Å². The molecule has 1 heterocycles. The molecule has 1 aromatic carbocycles. The van der Waals surface area contributed by atoms with E-state index >= 15 is 0 Å². The molecular weight excluding hydrogens is 349 g/mol. The van der Waals surface area contributed by atoms with Crippen LogP contribution in [0.25, 0.3) is 0 Å². The van der Waals surface area contributed by atoms with Crippen LogP contribution in [0.2, 0.25) is 5.02 Å². The molecule has 1 aliphatic heterocycles. The van der Waals surface area contributed by atoms with Gasteiger partial charge in [-0.3, -0.25) is 14.5 Å². The summed E-state index contributed by atoms with van der Waals surface area (Å²) in [6, 6.07) is 2.36. The van der Waals surface area contributed by atoms with E-state index in [1.807, 2.05) is 6.92 Å². The SMILES string of the molecule is CCN1CCOC(=O)[C@@H]1CC(=O)Nc1ccc(Cl)c(C(F)(F)F)c1. The molecule has 9 heteroatoms. The molecule has 1 fully saturated rings. The monoisotopic (exact) mass is 364 g/mol. The summed E-state index contributed by atoms with van der Waals surface area (Å²) < 4.78 is 43.4. The summed E-state index contributed by atoms with van der Waals surface area (Å²) in [5.74, 6) is -1.09. The highest BCUT2D eigenvalue weighted by atomic mass is 35.5. The van der Waals surface area contributed by atoms with Gasteiger partial charge in [-0.05, 0) is 24.7 Å². The van der Waals surface area contributed by atoms with E-state index in [-0.39, 0.29) is 18.7 Å². The zero-order valence-electron chi connectivity index (χ0n) is 12.8. The van der Waals surface area contributed by atoms with Crippen LogP contribution in [0.1, 0.15) is 18.9 Å². The maximum atomic E-state index is 12.8. The summed E-state index contributed by atoms with van der Waals surface area (Å²) in [4.78, 5) is 25.6. The van der Waals surface area contributed by atoms with E-state index in [1.165, 1.54) is 6.07 Å². The second kappa shape index (κ2) is 7.40. The summed E-state index contributed by atoms with van der Waals surface area (Å²) in [7, 11) is 0. The summed E-state index contributed by atoms with van der Waals surface area (Å²) >= 11 is 5.53. The number of rotatable bonds is 4. The molecule has 1 amide bonds. The Morgan fingerprint density at radius 2 is 2.17 bits per heavy atom. The van der Waals surface area contributed by atoms with Gasteiger partial charge in [0.1, 0.15) is 12.6 Å². The third-order valence-corrected chi connectivity index (χ3v) is 4.01. The van der Waals surface area contributed by atoms with Crippen molar-refractivity contribution in [3.05, 3.63) is 28.8 Å². The lowest BCUT2D eigenvalue weighted by Crippen LogP contribution is -2.50. The first-order chi connectivity index (χ1) is 11.2. The number of carbonyl (C=O) groups is 2. The van der Waals surface area contributed by atoms with Crippen LogP contribution in [0.4, 0.5) is 18.9 Å². The molecule has 1 aromatic rings. The first kappa shape index (κ1) is 18.5. The van der Waals surface area contributed by atoms with E-state index in [0.29, 0.717) is 13.1 Å². The Balaban J connectivity index is 2.08. The average Bonchev–Trinajstić information content (AvgIpc) is 2.50. The third-order valence-electron chi connectivity index (χ3n) is 3.68. The van der Waals surface area contributed by atoms with Crippen LogP contribution in [0.5, 0.6) is 0 Å². The van der Waals surface area contributed by atoms with Crippen molar-refractivity contribution in [3.8, 4) is 0 Å². The van der Waals surface area contributed by atoms with E-state index in [4.69, 9.17) is 16.3 Å². The number of alkyl halides is 3. The number of esters is 1. The Morgan fingerprint density at radius 1 is 1.46 bits per heavy atom. The van der Waals surface area contributed by atoms with Gasteiger partial charge in [0, 0.05) is 12.2 Å². The predicted molar refractivity (Wildman–Crippen MR) is 81.7 cm³/mol. The highest BCUT2D eigenvalue weighted by Gasteiger charge is 2.34. The lowest BCUT2D eigenvalue weighted by molar-refractivity contribution is -0.158. The normalized spacial score (nSPS) is 19.0. The molecule has 1 atom stereocenters. The minimum atomic E-state index is -4.62. The maximum absolute atomic E-state index is 12.8. The summed E-state index contributed by atoms with van der Waals surface area (Å²) in [6.07, 6.45) is -4.82. The van der Waals surface area contributed by atoms with Gasteiger partial charge in [0.15, 0.2) is 0 Å². The van der Waals surface area contributed by atoms with Gasteiger partial charge in [-0.15, -0.1) is 0 Å². The number of halogens is 4. The molecule has 132 valence electrons. The lowest BCUT2D eigenvalue weighted by atomic mass is 10.1. The molecule has 5 nitrogen and oxygen atoms in total. The fourth-order valence-electron chi connectivity index (χ4n) is 2.46. The standard InChI is InChI=1S/C15H16ClF3N2O3/c1-2-21-5-6-24-14(23)12(21)8-13(22)20-9-3-4-11(16)10(7-9)15(17,18)19/h3-4,7,12H,2,5-6,8H2,1H3,(H,20,22)/t12-/m0/s1. The molecule has 0 spiro atoms. The van der Waals surface area contributed by atoms with Crippen LogP contribution in [-0.2, 0) is 20.5 Å². The van der Waals surface area contributed by atoms with Crippen molar-refractivity contribution in [2.75, 3.05) is 25.0 Å². The predicted octanol–water partition coefficient (Wildman–Crippen LogP) is 2.93.